The number of aromatic nitrogens is 3. The number of hydrogen-bond donors (Lipinski definition) is 0. The maximum absolute atomic E-state index is 5.18. The predicted octanol–water partition coefficient (Wildman–Crippen LogP) is 3.52. The highest BCUT2D eigenvalue weighted by atomic mass is 16.5. The third-order valence-corrected chi connectivity index (χ3v) is 3.31. The molecule has 0 aliphatic carbocycles. The van der Waals surface area contributed by atoms with Gasteiger partial charge in [0.15, 0.2) is 0 Å². The van der Waals surface area contributed by atoms with Crippen molar-refractivity contribution in [2.45, 2.75) is 6.92 Å². The lowest BCUT2D eigenvalue weighted by molar-refractivity contribution is 0.415. The second kappa shape index (κ2) is 5.71. The molecule has 0 radical (unpaired) electrons. The first-order valence-corrected chi connectivity index (χ1v) is 6.67. The van der Waals surface area contributed by atoms with Crippen molar-refractivity contribution in [2.75, 3.05) is 7.11 Å². The fourth-order valence-electron chi connectivity index (χ4n) is 2.14. The normalized spacial score (nSPS) is 10.4. The van der Waals surface area contributed by atoms with Crippen molar-refractivity contribution in [3.8, 4) is 28.3 Å². The van der Waals surface area contributed by atoms with E-state index in [1.165, 1.54) is 11.9 Å². The predicted molar refractivity (Wildman–Crippen MR) is 82.0 cm³/mol. The molecule has 0 saturated carbocycles. The number of ether oxygens (including phenoxy) is 1. The number of rotatable bonds is 3. The van der Waals surface area contributed by atoms with Crippen molar-refractivity contribution >= 4 is 0 Å². The first-order chi connectivity index (χ1) is 10.3. The van der Waals surface area contributed by atoms with Crippen LogP contribution < -0.4 is 4.74 Å². The molecule has 4 nitrogen and oxygen atoms in total. The van der Waals surface area contributed by atoms with E-state index in [2.05, 4.69) is 34.2 Å². The van der Waals surface area contributed by atoms with E-state index in [0.29, 0.717) is 0 Å². The molecule has 21 heavy (non-hydrogen) atoms. The molecule has 0 aliphatic heterocycles. The van der Waals surface area contributed by atoms with E-state index in [1.807, 2.05) is 36.4 Å². The van der Waals surface area contributed by atoms with Gasteiger partial charge in [-0.15, -0.1) is 10.2 Å². The molecule has 0 aliphatic rings. The maximum atomic E-state index is 5.18. The van der Waals surface area contributed by atoms with Gasteiger partial charge in [-0.25, -0.2) is 4.98 Å². The molecule has 1 heterocycles. The number of benzene rings is 2. The number of nitrogens with zero attached hydrogens (tertiary/aromatic N) is 3. The lowest BCUT2D eigenvalue weighted by atomic mass is 10.0. The second-order valence-corrected chi connectivity index (χ2v) is 4.75. The minimum absolute atomic E-state index is 0.780. The zero-order chi connectivity index (χ0) is 14.7. The minimum Gasteiger partial charge on any atom is -0.497 e. The largest absolute Gasteiger partial charge is 0.497 e. The van der Waals surface area contributed by atoms with Crippen molar-refractivity contribution in [2.24, 2.45) is 0 Å². The molecule has 0 bridgehead atoms. The first-order valence-electron chi connectivity index (χ1n) is 6.67. The third kappa shape index (κ3) is 2.74. The number of methoxy groups -OCH3 is 1. The fraction of sp³-hybridized carbons (Fsp3) is 0.118. The van der Waals surface area contributed by atoms with E-state index in [-0.39, 0.29) is 0 Å². The van der Waals surface area contributed by atoms with Crippen LogP contribution in [0.1, 0.15) is 5.56 Å². The van der Waals surface area contributed by atoms with Gasteiger partial charge in [-0.1, -0.05) is 29.8 Å². The molecule has 0 N–H and O–H groups in total. The van der Waals surface area contributed by atoms with Crippen molar-refractivity contribution < 1.29 is 4.74 Å². The molecule has 1 aromatic heterocycles. The second-order valence-electron chi connectivity index (χ2n) is 4.75. The maximum Gasteiger partial charge on any atom is 0.138 e. The van der Waals surface area contributed by atoms with Crippen molar-refractivity contribution in [1.29, 1.82) is 0 Å². The Morgan fingerprint density at radius 3 is 2.10 bits per heavy atom. The molecular weight excluding hydrogens is 262 g/mol. The van der Waals surface area contributed by atoms with E-state index >= 15 is 0 Å². The summed E-state index contributed by atoms with van der Waals surface area (Å²) < 4.78 is 5.18. The Morgan fingerprint density at radius 2 is 1.43 bits per heavy atom. The van der Waals surface area contributed by atoms with Gasteiger partial charge in [-0.05, 0) is 31.2 Å². The zero-order valence-corrected chi connectivity index (χ0v) is 11.9. The molecule has 0 spiro atoms. The van der Waals surface area contributed by atoms with Gasteiger partial charge in [0.1, 0.15) is 23.5 Å². The lowest BCUT2D eigenvalue weighted by Crippen LogP contribution is -1.95. The van der Waals surface area contributed by atoms with Crippen LogP contribution in [0, 0.1) is 6.92 Å². The summed E-state index contributed by atoms with van der Waals surface area (Å²) in [5, 5.41) is 8.17. The van der Waals surface area contributed by atoms with E-state index in [4.69, 9.17) is 4.74 Å². The highest BCUT2D eigenvalue weighted by Gasteiger charge is 2.10. The van der Waals surface area contributed by atoms with Gasteiger partial charge >= 0.3 is 0 Å². The van der Waals surface area contributed by atoms with Gasteiger partial charge < -0.3 is 4.74 Å². The van der Waals surface area contributed by atoms with Crippen LogP contribution in [0.15, 0.2) is 54.9 Å². The standard InChI is InChI=1S/C17H15N3O/c1-12-3-5-14(6-4-12)17-16(18-11-19-20-17)13-7-9-15(21-2)10-8-13/h3-11H,1-2H3. The molecule has 0 unspecified atom stereocenters. The van der Waals surface area contributed by atoms with Crippen LogP contribution in [0.25, 0.3) is 22.5 Å². The zero-order valence-electron chi connectivity index (χ0n) is 11.9. The summed E-state index contributed by atoms with van der Waals surface area (Å²) in [4.78, 5) is 4.39. The Kier molecular flexibility index (Phi) is 3.60. The Bertz CT molecular complexity index is 737. The highest BCUT2D eigenvalue weighted by Crippen LogP contribution is 2.28. The Balaban J connectivity index is 2.08. The van der Waals surface area contributed by atoms with E-state index < -0.39 is 0 Å². The Labute approximate surface area is 123 Å². The fourth-order valence-corrected chi connectivity index (χ4v) is 2.14. The molecule has 104 valence electrons. The lowest BCUT2D eigenvalue weighted by Gasteiger charge is -2.08. The van der Waals surface area contributed by atoms with Crippen LogP contribution in [0.2, 0.25) is 0 Å². The van der Waals surface area contributed by atoms with Gasteiger partial charge in [0.2, 0.25) is 0 Å². The SMILES string of the molecule is COc1ccc(-c2ncnnc2-c2ccc(C)cc2)cc1. The van der Waals surface area contributed by atoms with Crippen molar-refractivity contribution in [3.05, 3.63) is 60.4 Å². The molecule has 0 atom stereocenters. The molecule has 0 saturated heterocycles. The molecule has 4 heteroatoms. The smallest absolute Gasteiger partial charge is 0.138 e. The van der Waals surface area contributed by atoms with E-state index in [1.54, 1.807) is 7.11 Å². The molecule has 3 aromatic rings. The highest BCUT2D eigenvalue weighted by molar-refractivity contribution is 5.77. The van der Waals surface area contributed by atoms with Crippen LogP contribution in [0.4, 0.5) is 0 Å². The van der Waals surface area contributed by atoms with E-state index in [9.17, 15) is 0 Å². The average molecular weight is 277 g/mol. The van der Waals surface area contributed by atoms with Gasteiger partial charge in [0.05, 0.1) is 7.11 Å². The molecule has 2 aromatic carbocycles. The third-order valence-electron chi connectivity index (χ3n) is 3.31. The van der Waals surface area contributed by atoms with Crippen molar-refractivity contribution in [3.63, 3.8) is 0 Å². The van der Waals surface area contributed by atoms with Crippen LogP contribution in [0.3, 0.4) is 0 Å². The summed E-state index contributed by atoms with van der Waals surface area (Å²) in [6.07, 6.45) is 1.47. The van der Waals surface area contributed by atoms with E-state index in [0.717, 1.165) is 28.3 Å². The van der Waals surface area contributed by atoms with Crippen LogP contribution in [0.5, 0.6) is 5.75 Å². The van der Waals surface area contributed by atoms with Gasteiger partial charge in [0, 0.05) is 11.1 Å². The van der Waals surface area contributed by atoms with Gasteiger partial charge in [-0.2, -0.15) is 0 Å². The summed E-state index contributed by atoms with van der Waals surface area (Å²) in [5.41, 5.74) is 4.80. The van der Waals surface area contributed by atoms with Crippen molar-refractivity contribution in [1.82, 2.24) is 15.2 Å². The number of hydrogen-bond acceptors (Lipinski definition) is 4. The van der Waals surface area contributed by atoms with Crippen LogP contribution in [-0.2, 0) is 0 Å². The first kappa shape index (κ1) is 13.2. The summed E-state index contributed by atoms with van der Waals surface area (Å²) in [6, 6.07) is 16.0. The summed E-state index contributed by atoms with van der Waals surface area (Å²) in [7, 11) is 1.65. The Hall–Kier alpha value is -2.75. The molecule has 3 rings (SSSR count). The average Bonchev–Trinajstić information content (AvgIpc) is 2.56. The van der Waals surface area contributed by atoms with Gasteiger partial charge in [-0.3, -0.25) is 0 Å². The molecular formula is C17H15N3O. The Morgan fingerprint density at radius 1 is 0.810 bits per heavy atom. The molecule has 0 amide bonds. The topological polar surface area (TPSA) is 47.9 Å². The van der Waals surface area contributed by atoms with Crippen LogP contribution >= 0.6 is 0 Å². The monoisotopic (exact) mass is 277 g/mol. The summed E-state index contributed by atoms with van der Waals surface area (Å²) in [6.45, 7) is 2.06. The van der Waals surface area contributed by atoms with Gasteiger partial charge in [0.25, 0.3) is 0 Å². The number of aryl methyl sites for hydroxylation is 1. The summed E-state index contributed by atoms with van der Waals surface area (Å²) >= 11 is 0. The quantitative estimate of drug-likeness (QED) is 0.735. The summed E-state index contributed by atoms with van der Waals surface area (Å²) in [5.74, 6) is 0.817. The molecule has 0 fully saturated rings. The van der Waals surface area contributed by atoms with Crippen LogP contribution in [-0.4, -0.2) is 22.3 Å². The minimum atomic E-state index is 0.780.